The van der Waals surface area contributed by atoms with E-state index in [4.69, 9.17) is 4.74 Å². The fraction of sp³-hybridized carbons (Fsp3) is 0.381. The molecule has 3 atom stereocenters. The Hall–Kier alpha value is -2.03. The summed E-state index contributed by atoms with van der Waals surface area (Å²) in [6, 6.07) is 20.8. The van der Waals surface area contributed by atoms with Crippen molar-refractivity contribution in [3.05, 3.63) is 77.6 Å². The molecule has 0 bridgehead atoms. The number of methoxy groups -OCH3 is 1. The molecule has 3 aromatic rings. The van der Waals surface area contributed by atoms with E-state index in [-0.39, 0.29) is 36.8 Å². The van der Waals surface area contributed by atoms with Crippen LogP contribution in [0.15, 0.2) is 60.7 Å². The van der Waals surface area contributed by atoms with Gasteiger partial charge in [0.1, 0.15) is 0 Å². The summed E-state index contributed by atoms with van der Waals surface area (Å²) in [6.07, 6.45) is 0.842. The number of piperidine rings is 1. The molecule has 0 amide bonds. The summed E-state index contributed by atoms with van der Waals surface area (Å²) < 4.78 is 6.12. The Bertz CT molecular complexity index is 895. The highest BCUT2D eigenvalue weighted by atomic mass is 35.5. The van der Waals surface area contributed by atoms with E-state index in [0.717, 1.165) is 30.9 Å². The molecule has 0 saturated carbocycles. The minimum atomic E-state index is -0.616. The van der Waals surface area contributed by atoms with E-state index < -0.39 is 5.72 Å². The van der Waals surface area contributed by atoms with Gasteiger partial charge in [0, 0.05) is 31.7 Å². The molecule has 1 unspecified atom stereocenters. The first-order chi connectivity index (χ1) is 13.7. The van der Waals surface area contributed by atoms with Gasteiger partial charge < -0.3 is 10.1 Å². The minimum Gasteiger partial charge on any atom is -0.358 e. The van der Waals surface area contributed by atoms with E-state index >= 15 is 0 Å². The van der Waals surface area contributed by atoms with Gasteiger partial charge in [0.05, 0.1) is 13.1 Å². The molecule has 1 aliphatic rings. The summed E-state index contributed by atoms with van der Waals surface area (Å²) in [5.41, 5.74) is 1.73. The highest BCUT2D eigenvalue weighted by Crippen LogP contribution is 2.36. The first-order valence-corrected chi connectivity index (χ1v) is 9.58. The summed E-state index contributed by atoms with van der Waals surface area (Å²) in [6.45, 7) is 1.48. The van der Waals surface area contributed by atoms with Crippen LogP contribution in [0.3, 0.4) is 0 Å². The number of halogens is 2. The molecule has 4 rings (SSSR count). The third-order valence-corrected chi connectivity index (χ3v) is 5.43. The van der Waals surface area contributed by atoms with Crippen LogP contribution in [0.1, 0.15) is 29.3 Å². The van der Waals surface area contributed by atoms with Crippen LogP contribution in [-0.4, -0.2) is 39.9 Å². The molecule has 0 spiro atoms. The Morgan fingerprint density at radius 2 is 1.77 bits per heavy atom. The number of rotatable bonds is 6. The van der Waals surface area contributed by atoms with Crippen molar-refractivity contribution in [3.63, 3.8) is 0 Å². The van der Waals surface area contributed by atoms with Crippen molar-refractivity contribution in [2.45, 2.75) is 30.7 Å². The summed E-state index contributed by atoms with van der Waals surface area (Å²) in [5.74, 6) is 0.924. The molecule has 0 aliphatic carbocycles. The Morgan fingerprint density at radius 1 is 1.10 bits per heavy atom. The normalized spacial score (nSPS) is 23.3. The number of nitrogens with zero attached hydrogens (tertiary/aromatic N) is 4. The lowest BCUT2D eigenvalue weighted by atomic mass is 9.82. The zero-order chi connectivity index (χ0) is 19.4. The lowest BCUT2D eigenvalue weighted by molar-refractivity contribution is -0.0940. The summed E-state index contributed by atoms with van der Waals surface area (Å²) in [5, 5.41) is 20.0. The van der Waals surface area contributed by atoms with E-state index in [1.54, 1.807) is 14.2 Å². The smallest absolute Gasteiger partial charge is 0.179 e. The van der Waals surface area contributed by atoms with Gasteiger partial charge in [0.25, 0.3) is 0 Å². The Labute approximate surface area is 189 Å². The van der Waals surface area contributed by atoms with E-state index in [1.165, 1.54) is 10.4 Å². The Morgan fingerprint density at radius 3 is 2.37 bits per heavy atom. The third-order valence-electron chi connectivity index (χ3n) is 5.43. The van der Waals surface area contributed by atoms with Gasteiger partial charge in [-0.25, -0.2) is 0 Å². The van der Waals surface area contributed by atoms with Gasteiger partial charge in [0.15, 0.2) is 11.5 Å². The van der Waals surface area contributed by atoms with Crippen LogP contribution in [-0.2, 0) is 24.1 Å². The number of hydrogen-bond donors (Lipinski definition) is 2. The average Bonchev–Trinajstić information content (AvgIpc) is 3.19. The highest BCUT2D eigenvalue weighted by Gasteiger charge is 2.46. The summed E-state index contributed by atoms with van der Waals surface area (Å²) in [7, 11) is 3.55. The molecule has 7 nitrogen and oxygen atoms in total. The predicted molar refractivity (Wildman–Crippen MR) is 121 cm³/mol. The van der Waals surface area contributed by atoms with Crippen LogP contribution in [0, 0.1) is 0 Å². The Kier molecular flexibility index (Phi) is 8.76. The third kappa shape index (κ3) is 4.99. The highest BCUT2D eigenvalue weighted by molar-refractivity contribution is 5.85. The Balaban J connectivity index is 0.00000160. The molecule has 2 heterocycles. The van der Waals surface area contributed by atoms with E-state index in [9.17, 15) is 0 Å². The van der Waals surface area contributed by atoms with Crippen LogP contribution in [0.4, 0.5) is 0 Å². The van der Waals surface area contributed by atoms with Crippen molar-refractivity contribution in [2.75, 3.05) is 13.7 Å². The number of tetrazole rings is 1. The zero-order valence-corrected chi connectivity index (χ0v) is 18.7. The summed E-state index contributed by atoms with van der Waals surface area (Å²) >= 11 is 0. The zero-order valence-electron chi connectivity index (χ0n) is 17.1. The predicted octanol–water partition coefficient (Wildman–Crippen LogP) is 2.79. The summed E-state index contributed by atoms with van der Waals surface area (Å²) in [4.78, 5) is 1.51. The number of aromatic nitrogens is 4. The number of ether oxygens (including phenoxy) is 1. The molecule has 1 aromatic heterocycles. The topological polar surface area (TPSA) is 76.9 Å². The molecule has 162 valence electrons. The van der Waals surface area contributed by atoms with E-state index in [0.29, 0.717) is 0 Å². The fourth-order valence-electron chi connectivity index (χ4n) is 3.98. The maximum atomic E-state index is 6.12. The molecule has 2 N–H and O–H groups in total. The maximum Gasteiger partial charge on any atom is 0.179 e. The second-order valence-electron chi connectivity index (χ2n) is 7.18. The molecule has 0 radical (unpaired) electrons. The van der Waals surface area contributed by atoms with Gasteiger partial charge in [-0.3, -0.25) is 5.32 Å². The van der Waals surface area contributed by atoms with Crippen LogP contribution >= 0.6 is 24.8 Å². The van der Waals surface area contributed by atoms with Crippen molar-refractivity contribution >= 4 is 24.8 Å². The molecule has 2 aromatic carbocycles. The maximum absolute atomic E-state index is 6.12. The molecular formula is C21H28Cl2N6O. The van der Waals surface area contributed by atoms with Gasteiger partial charge in [0.2, 0.25) is 0 Å². The SMILES string of the molecule is CO[C@]1(c2ccccc2)NCC(c2nnn(C)n2)C[C@H]1NCc1ccccc1.Cl.Cl. The van der Waals surface area contributed by atoms with Gasteiger partial charge in [-0.15, -0.1) is 35.0 Å². The van der Waals surface area contributed by atoms with Crippen LogP contribution < -0.4 is 10.6 Å². The lowest BCUT2D eigenvalue weighted by Gasteiger charge is -2.46. The van der Waals surface area contributed by atoms with Gasteiger partial charge in [-0.2, -0.15) is 4.80 Å². The lowest BCUT2D eigenvalue weighted by Crippen LogP contribution is -2.63. The van der Waals surface area contributed by atoms with Crippen LogP contribution in [0.5, 0.6) is 0 Å². The monoisotopic (exact) mass is 450 g/mol. The van der Waals surface area contributed by atoms with Crippen LogP contribution in [0.25, 0.3) is 0 Å². The molecule has 30 heavy (non-hydrogen) atoms. The quantitative estimate of drug-likeness (QED) is 0.601. The van der Waals surface area contributed by atoms with Crippen molar-refractivity contribution in [1.29, 1.82) is 0 Å². The van der Waals surface area contributed by atoms with Gasteiger partial charge in [-0.1, -0.05) is 60.7 Å². The van der Waals surface area contributed by atoms with Gasteiger partial charge in [-0.05, 0) is 17.2 Å². The van der Waals surface area contributed by atoms with Gasteiger partial charge >= 0.3 is 0 Å². The van der Waals surface area contributed by atoms with Crippen molar-refractivity contribution < 1.29 is 4.74 Å². The molecule has 1 aliphatic heterocycles. The number of nitrogens with one attached hydrogen (secondary N) is 2. The first-order valence-electron chi connectivity index (χ1n) is 9.58. The minimum absolute atomic E-state index is 0. The number of hydrogen-bond acceptors (Lipinski definition) is 6. The van der Waals surface area contributed by atoms with E-state index in [1.807, 2.05) is 24.3 Å². The largest absolute Gasteiger partial charge is 0.358 e. The van der Waals surface area contributed by atoms with Crippen molar-refractivity contribution in [1.82, 2.24) is 30.8 Å². The standard InChI is InChI=1S/C21H26N6O.2ClH/c1-27-25-20(24-26-27)17-13-19(22-14-16-9-5-3-6-10-16)21(28-2,23-15-17)18-11-7-4-8-12-18;;/h3-12,17,19,22-23H,13-15H2,1-2H3;2*1H/t17?,19-,21+;;/m1../s1. The van der Waals surface area contributed by atoms with Crippen molar-refractivity contribution in [3.8, 4) is 0 Å². The number of aryl methyl sites for hydroxylation is 1. The molecule has 1 saturated heterocycles. The molecule has 1 fully saturated rings. The molecular weight excluding hydrogens is 423 g/mol. The molecule has 9 heteroatoms. The number of benzene rings is 2. The van der Waals surface area contributed by atoms with Crippen LogP contribution in [0.2, 0.25) is 0 Å². The fourth-order valence-corrected chi connectivity index (χ4v) is 3.98. The second kappa shape index (κ2) is 10.8. The van der Waals surface area contributed by atoms with E-state index in [2.05, 4.69) is 62.4 Å². The first kappa shape index (κ1) is 24.2. The average molecular weight is 451 g/mol. The van der Waals surface area contributed by atoms with Crippen molar-refractivity contribution in [2.24, 2.45) is 7.05 Å². The second-order valence-corrected chi connectivity index (χ2v) is 7.18.